The summed E-state index contributed by atoms with van der Waals surface area (Å²) >= 11 is 5.44. The van der Waals surface area contributed by atoms with Gasteiger partial charge in [-0.05, 0) is 6.07 Å². The molecular formula is C7H4ClFN2. The van der Waals surface area contributed by atoms with Gasteiger partial charge < -0.3 is 4.98 Å². The summed E-state index contributed by atoms with van der Waals surface area (Å²) in [5.41, 5.74) is 0.659. The van der Waals surface area contributed by atoms with E-state index in [-0.39, 0.29) is 5.15 Å². The van der Waals surface area contributed by atoms with Crippen molar-refractivity contribution < 1.29 is 4.39 Å². The smallest absolute Gasteiger partial charge is 0.169 e. The van der Waals surface area contributed by atoms with Gasteiger partial charge in [0.2, 0.25) is 0 Å². The lowest BCUT2D eigenvalue weighted by Crippen LogP contribution is -1.82. The van der Waals surface area contributed by atoms with E-state index in [2.05, 4.69) is 9.97 Å². The van der Waals surface area contributed by atoms with Crippen molar-refractivity contribution in [3.8, 4) is 0 Å². The molecule has 0 aliphatic heterocycles. The number of hydrogen-bond donors (Lipinski definition) is 1. The lowest BCUT2D eigenvalue weighted by molar-refractivity contribution is 0.634. The van der Waals surface area contributed by atoms with E-state index in [0.29, 0.717) is 10.9 Å². The molecule has 1 N–H and O–H groups in total. The Morgan fingerprint density at radius 2 is 2.36 bits per heavy atom. The summed E-state index contributed by atoms with van der Waals surface area (Å²) < 4.78 is 13.0. The van der Waals surface area contributed by atoms with Crippen molar-refractivity contribution in [2.75, 3.05) is 0 Å². The topological polar surface area (TPSA) is 28.7 Å². The van der Waals surface area contributed by atoms with Crippen molar-refractivity contribution in [2.45, 2.75) is 0 Å². The highest BCUT2D eigenvalue weighted by Crippen LogP contribution is 2.20. The molecule has 0 bridgehead atoms. The van der Waals surface area contributed by atoms with Gasteiger partial charge in [-0.1, -0.05) is 11.6 Å². The number of nitrogens with zero attached hydrogens (tertiary/aromatic N) is 1. The maximum atomic E-state index is 13.0. The molecule has 2 rings (SSSR count). The van der Waals surface area contributed by atoms with E-state index < -0.39 is 5.82 Å². The largest absolute Gasteiger partial charge is 0.360 e. The van der Waals surface area contributed by atoms with Crippen LogP contribution in [0, 0.1) is 5.82 Å². The van der Waals surface area contributed by atoms with Crippen molar-refractivity contribution >= 4 is 22.5 Å². The standard InChI is InChI=1S/C7H4ClFN2/c8-7-6(9)4-1-2-10-5(4)3-11-7/h1-3,10H. The molecule has 0 radical (unpaired) electrons. The van der Waals surface area contributed by atoms with Crippen LogP contribution in [0.3, 0.4) is 0 Å². The molecule has 0 aromatic carbocycles. The SMILES string of the molecule is Fc1c(Cl)ncc2[nH]ccc12. The molecular weight excluding hydrogens is 167 g/mol. The Morgan fingerprint density at radius 1 is 1.55 bits per heavy atom. The zero-order valence-corrected chi connectivity index (χ0v) is 6.19. The number of halogens is 2. The van der Waals surface area contributed by atoms with Gasteiger partial charge in [0.05, 0.1) is 11.7 Å². The van der Waals surface area contributed by atoms with Crippen LogP contribution in [-0.4, -0.2) is 9.97 Å². The molecule has 0 fully saturated rings. The maximum Gasteiger partial charge on any atom is 0.169 e. The number of aromatic nitrogens is 2. The molecule has 0 spiro atoms. The van der Waals surface area contributed by atoms with E-state index >= 15 is 0 Å². The summed E-state index contributed by atoms with van der Waals surface area (Å²) in [6.45, 7) is 0. The zero-order valence-electron chi connectivity index (χ0n) is 5.44. The Bertz CT molecular complexity index is 396. The molecule has 4 heteroatoms. The third-order valence-electron chi connectivity index (χ3n) is 1.50. The molecule has 0 aliphatic rings. The summed E-state index contributed by atoms with van der Waals surface area (Å²) in [7, 11) is 0. The molecule has 2 heterocycles. The number of rotatable bonds is 0. The van der Waals surface area contributed by atoms with Crippen molar-refractivity contribution in [1.29, 1.82) is 0 Å². The zero-order chi connectivity index (χ0) is 7.84. The van der Waals surface area contributed by atoms with Gasteiger partial charge in [-0.25, -0.2) is 9.37 Å². The van der Waals surface area contributed by atoms with Crippen LogP contribution in [-0.2, 0) is 0 Å². The van der Waals surface area contributed by atoms with Crippen molar-refractivity contribution in [3.05, 3.63) is 29.4 Å². The Kier molecular flexibility index (Phi) is 1.32. The van der Waals surface area contributed by atoms with Crippen LogP contribution in [0.5, 0.6) is 0 Å². The number of fused-ring (bicyclic) bond motifs is 1. The van der Waals surface area contributed by atoms with Crippen LogP contribution in [0.1, 0.15) is 0 Å². The minimum absolute atomic E-state index is 0.0860. The summed E-state index contributed by atoms with van der Waals surface area (Å²) in [6, 6.07) is 1.62. The highest BCUT2D eigenvalue weighted by molar-refractivity contribution is 6.30. The average Bonchev–Trinajstić information content (AvgIpc) is 2.45. The van der Waals surface area contributed by atoms with Crippen LogP contribution < -0.4 is 0 Å². The van der Waals surface area contributed by atoms with E-state index in [0.717, 1.165) is 0 Å². The molecule has 0 aliphatic carbocycles. The van der Waals surface area contributed by atoms with Crippen molar-refractivity contribution in [2.24, 2.45) is 0 Å². The van der Waals surface area contributed by atoms with Crippen LogP contribution in [0.15, 0.2) is 18.5 Å². The Labute approximate surface area is 67.0 Å². The van der Waals surface area contributed by atoms with Gasteiger partial charge in [-0.15, -0.1) is 0 Å². The van der Waals surface area contributed by atoms with Gasteiger partial charge in [0.25, 0.3) is 0 Å². The van der Waals surface area contributed by atoms with E-state index in [1.165, 1.54) is 6.20 Å². The molecule has 0 atom stereocenters. The predicted octanol–water partition coefficient (Wildman–Crippen LogP) is 2.36. The molecule has 0 saturated heterocycles. The Hall–Kier alpha value is -1.09. The fraction of sp³-hybridized carbons (Fsp3) is 0. The second kappa shape index (κ2) is 2.20. The highest BCUT2D eigenvalue weighted by Gasteiger charge is 2.05. The second-order valence-electron chi connectivity index (χ2n) is 2.17. The molecule has 0 saturated carbocycles. The molecule has 2 nitrogen and oxygen atoms in total. The van der Waals surface area contributed by atoms with Crippen molar-refractivity contribution in [1.82, 2.24) is 9.97 Å². The number of aromatic amines is 1. The first-order valence-electron chi connectivity index (χ1n) is 3.06. The quantitative estimate of drug-likeness (QED) is 0.604. The molecule has 11 heavy (non-hydrogen) atoms. The van der Waals surface area contributed by atoms with Crippen LogP contribution in [0.2, 0.25) is 5.15 Å². The molecule has 2 aromatic heterocycles. The number of H-pyrrole nitrogens is 1. The van der Waals surface area contributed by atoms with Gasteiger partial charge in [0, 0.05) is 11.6 Å². The van der Waals surface area contributed by atoms with Crippen LogP contribution in [0.25, 0.3) is 10.9 Å². The van der Waals surface area contributed by atoms with Crippen LogP contribution in [0.4, 0.5) is 4.39 Å². The van der Waals surface area contributed by atoms with Gasteiger partial charge >= 0.3 is 0 Å². The van der Waals surface area contributed by atoms with E-state index in [9.17, 15) is 4.39 Å². The molecule has 0 unspecified atom stereocenters. The van der Waals surface area contributed by atoms with Crippen molar-refractivity contribution in [3.63, 3.8) is 0 Å². The summed E-state index contributed by atoms with van der Waals surface area (Å²) in [5.74, 6) is -0.467. The maximum absolute atomic E-state index is 13.0. The third kappa shape index (κ3) is 0.886. The van der Waals surface area contributed by atoms with Gasteiger partial charge in [0.15, 0.2) is 11.0 Å². The van der Waals surface area contributed by atoms with Gasteiger partial charge in [-0.3, -0.25) is 0 Å². The summed E-state index contributed by atoms with van der Waals surface area (Å²) in [6.07, 6.45) is 3.15. The Morgan fingerprint density at radius 3 is 3.18 bits per heavy atom. The van der Waals surface area contributed by atoms with Gasteiger partial charge in [0.1, 0.15) is 0 Å². The first-order chi connectivity index (χ1) is 5.29. The van der Waals surface area contributed by atoms with E-state index in [1.54, 1.807) is 12.3 Å². The average molecular weight is 171 g/mol. The first-order valence-corrected chi connectivity index (χ1v) is 3.44. The normalized spacial score (nSPS) is 10.7. The fourth-order valence-corrected chi connectivity index (χ4v) is 1.12. The molecule has 2 aromatic rings. The van der Waals surface area contributed by atoms with Crippen LogP contribution >= 0.6 is 11.6 Å². The number of pyridine rings is 1. The minimum Gasteiger partial charge on any atom is -0.360 e. The monoisotopic (exact) mass is 170 g/mol. The summed E-state index contributed by atoms with van der Waals surface area (Å²) in [4.78, 5) is 6.46. The number of nitrogens with one attached hydrogen (secondary N) is 1. The third-order valence-corrected chi connectivity index (χ3v) is 1.77. The fourth-order valence-electron chi connectivity index (χ4n) is 0.970. The summed E-state index contributed by atoms with van der Waals surface area (Å²) in [5, 5.41) is 0.391. The highest BCUT2D eigenvalue weighted by atomic mass is 35.5. The van der Waals surface area contributed by atoms with Gasteiger partial charge in [-0.2, -0.15) is 0 Å². The lowest BCUT2D eigenvalue weighted by Gasteiger charge is -1.92. The molecule has 56 valence electrons. The lowest BCUT2D eigenvalue weighted by atomic mass is 10.3. The minimum atomic E-state index is -0.467. The first kappa shape index (κ1) is 6.61. The van der Waals surface area contributed by atoms with E-state index in [4.69, 9.17) is 11.6 Å². The Balaban J connectivity index is 2.93. The van der Waals surface area contributed by atoms with E-state index in [1.807, 2.05) is 0 Å². The molecule has 0 amide bonds. The predicted molar refractivity (Wildman–Crippen MR) is 41.1 cm³/mol. The second-order valence-corrected chi connectivity index (χ2v) is 2.53. The number of hydrogen-bond acceptors (Lipinski definition) is 1.